The van der Waals surface area contributed by atoms with E-state index in [0.29, 0.717) is 12.2 Å². The highest BCUT2D eigenvalue weighted by atomic mass is 19.1. The van der Waals surface area contributed by atoms with Gasteiger partial charge in [0.2, 0.25) is 0 Å². The van der Waals surface area contributed by atoms with E-state index in [1.165, 1.54) is 12.1 Å². The molecule has 0 N–H and O–H groups in total. The maximum absolute atomic E-state index is 13.5. The van der Waals surface area contributed by atoms with Crippen molar-refractivity contribution in [2.75, 3.05) is 7.11 Å². The van der Waals surface area contributed by atoms with Gasteiger partial charge in [0.1, 0.15) is 11.5 Å². The van der Waals surface area contributed by atoms with Gasteiger partial charge < -0.3 is 9.64 Å². The molecule has 2 unspecified atom stereocenters. The van der Waals surface area contributed by atoms with E-state index in [4.69, 9.17) is 4.74 Å². The summed E-state index contributed by atoms with van der Waals surface area (Å²) in [6.45, 7) is 0.448. The quantitative estimate of drug-likeness (QED) is 0.855. The molecular weight excluding hydrogens is 323 g/mol. The lowest BCUT2D eigenvalue weighted by Gasteiger charge is -2.39. The topological polar surface area (TPSA) is 60.2 Å². The van der Waals surface area contributed by atoms with Crippen LogP contribution in [0.2, 0.25) is 0 Å². The average molecular weight is 344 g/mol. The third-order valence-corrected chi connectivity index (χ3v) is 5.24. The Morgan fingerprint density at radius 1 is 1.28 bits per heavy atom. The van der Waals surface area contributed by atoms with E-state index in [1.54, 1.807) is 19.2 Å². The molecule has 2 aliphatic heterocycles. The molecule has 1 aromatic heterocycles. The summed E-state index contributed by atoms with van der Waals surface area (Å²) >= 11 is 0. The van der Waals surface area contributed by atoms with Crippen LogP contribution in [0.1, 0.15) is 47.8 Å². The molecule has 2 bridgehead atoms. The van der Waals surface area contributed by atoms with Crippen molar-refractivity contribution in [1.29, 1.82) is 0 Å². The summed E-state index contributed by atoms with van der Waals surface area (Å²) in [7, 11) is 1.63. The fourth-order valence-corrected chi connectivity index (χ4v) is 4.17. The molecule has 0 radical (unpaired) electrons. The van der Waals surface area contributed by atoms with E-state index in [1.807, 2.05) is 15.8 Å². The molecule has 7 heteroatoms. The van der Waals surface area contributed by atoms with Gasteiger partial charge in [-0.2, -0.15) is 0 Å². The van der Waals surface area contributed by atoms with Gasteiger partial charge in [-0.15, -0.1) is 5.10 Å². The molecule has 3 heterocycles. The highest BCUT2D eigenvalue weighted by Crippen LogP contribution is 2.41. The first-order valence-electron chi connectivity index (χ1n) is 8.63. The number of rotatable bonds is 4. The highest BCUT2D eigenvalue weighted by Gasteiger charge is 2.44. The largest absolute Gasteiger partial charge is 0.378 e. The fourth-order valence-electron chi connectivity index (χ4n) is 4.17. The molecule has 25 heavy (non-hydrogen) atoms. The Bertz CT molecular complexity index is 764. The van der Waals surface area contributed by atoms with Gasteiger partial charge >= 0.3 is 0 Å². The monoisotopic (exact) mass is 344 g/mol. The molecule has 6 nitrogen and oxygen atoms in total. The third-order valence-electron chi connectivity index (χ3n) is 5.24. The van der Waals surface area contributed by atoms with Crippen molar-refractivity contribution in [3.8, 4) is 0 Å². The Morgan fingerprint density at radius 2 is 2.04 bits per heavy atom. The number of nitrogens with zero attached hydrogens (tertiary/aromatic N) is 4. The zero-order valence-corrected chi connectivity index (χ0v) is 14.1. The van der Waals surface area contributed by atoms with Crippen LogP contribution in [0, 0.1) is 5.82 Å². The number of benzene rings is 1. The molecule has 0 saturated carbocycles. The molecule has 2 atom stereocenters. The molecule has 4 rings (SSSR count). The molecule has 2 aromatic rings. The van der Waals surface area contributed by atoms with Crippen LogP contribution < -0.4 is 0 Å². The van der Waals surface area contributed by atoms with Crippen molar-refractivity contribution in [3.63, 3.8) is 0 Å². The summed E-state index contributed by atoms with van der Waals surface area (Å²) in [5.74, 6) is -0.439. The van der Waals surface area contributed by atoms with Crippen molar-refractivity contribution >= 4 is 5.91 Å². The number of fused-ring (bicyclic) bond motifs is 2. The Labute approximate surface area is 145 Å². The standard InChI is InChI=1S/C18H21FN4O2/c1-25-11-14-10-22(21-20-14)17-8-15-5-6-16(9-17)23(15)18(24)12-3-2-4-13(19)7-12/h2-4,7,10,15-17H,5-6,8-9,11H2,1H3. The number of halogens is 1. The first kappa shape index (κ1) is 16.2. The second kappa shape index (κ2) is 6.55. The number of ether oxygens (including phenoxy) is 1. The Kier molecular flexibility index (Phi) is 4.25. The Morgan fingerprint density at radius 3 is 2.72 bits per heavy atom. The maximum Gasteiger partial charge on any atom is 0.254 e. The van der Waals surface area contributed by atoms with E-state index in [-0.39, 0.29) is 29.8 Å². The zero-order chi connectivity index (χ0) is 17.4. The lowest BCUT2D eigenvalue weighted by Crippen LogP contribution is -2.47. The first-order valence-corrected chi connectivity index (χ1v) is 8.63. The van der Waals surface area contributed by atoms with Crippen molar-refractivity contribution in [3.05, 3.63) is 47.5 Å². The van der Waals surface area contributed by atoms with E-state index < -0.39 is 0 Å². The van der Waals surface area contributed by atoms with Crippen LogP contribution in [0.3, 0.4) is 0 Å². The second-order valence-electron chi connectivity index (χ2n) is 6.86. The number of carbonyl (C=O) groups excluding carboxylic acids is 1. The van der Waals surface area contributed by atoms with E-state index >= 15 is 0 Å². The predicted octanol–water partition coefficient (Wildman–Crippen LogP) is 2.57. The Hall–Kier alpha value is -2.28. The molecule has 1 amide bonds. The molecule has 2 aliphatic rings. The Balaban J connectivity index is 1.51. The van der Waals surface area contributed by atoms with Crippen LogP contribution in [0.15, 0.2) is 30.5 Å². The average Bonchev–Trinajstić information content (AvgIpc) is 3.17. The number of hydrogen-bond donors (Lipinski definition) is 0. The van der Waals surface area contributed by atoms with E-state index in [0.717, 1.165) is 31.4 Å². The smallest absolute Gasteiger partial charge is 0.254 e. The molecule has 0 aliphatic carbocycles. The number of piperidine rings is 1. The van der Waals surface area contributed by atoms with Crippen LogP contribution in [-0.4, -0.2) is 45.0 Å². The van der Waals surface area contributed by atoms with E-state index in [2.05, 4.69) is 10.3 Å². The van der Waals surface area contributed by atoms with Gasteiger partial charge in [-0.25, -0.2) is 9.07 Å². The van der Waals surface area contributed by atoms with Gasteiger partial charge in [0.25, 0.3) is 5.91 Å². The minimum atomic E-state index is -0.374. The predicted molar refractivity (Wildman–Crippen MR) is 88.4 cm³/mol. The zero-order valence-electron chi connectivity index (χ0n) is 14.1. The van der Waals surface area contributed by atoms with Gasteiger partial charge in [-0.1, -0.05) is 11.3 Å². The van der Waals surface area contributed by atoms with Crippen molar-refractivity contribution in [1.82, 2.24) is 19.9 Å². The van der Waals surface area contributed by atoms with Crippen molar-refractivity contribution in [2.45, 2.75) is 50.4 Å². The van der Waals surface area contributed by atoms with Gasteiger partial charge in [-0.05, 0) is 43.9 Å². The lowest BCUT2D eigenvalue weighted by atomic mass is 9.96. The van der Waals surface area contributed by atoms with Gasteiger partial charge in [0.05, 0.1) is 18.8 Å². The van der Waals surface area contributed by atoms with Crippen LogP contribution in [0.5, 0.6) is 0 Å². The molecule has 2 fully saturated rings. The minimum Gasteiger partial charge on any atom is -0.378 e. The molecule has 2 saturated heterocycles. The molecular formula is C18H21FN4O2. The summed E-state index contributed by atoms with van der Waals surface area (Å²) in [5, 5.41) is 8.36. The highest BCUT2D eigenvalue weighted by molar-refractivity contribution is 5.95. The number of hydrogen-bond acceptors (Lipinski definition) is 4. The van der Waals surface area contributed by atoms with E-state index in [9.17, 15) is 9.18 Å². The number of methoxy groups -OCH3 is 1. The van der Waals surface area contributed by atoms with Crippen molar-refractivity contribution in [2.24, 2.45) is 0 Å². The van der Waals surface area contributed by atoms with Crippen LogP contribution in [-0.2, 0) is 11.3 Å². The number of amides is 1. The SMILES string of the molecule is COCc1cn(C2CC3CCC(C2)N3C(=O)c2cccc(F)c2)nn1. The summed E-state index contributed by atoms with van der Waals surface area (Å²) in [6.07, 6.45) is 5.61. The number of carbonyl (C=O) groups is 1. The fraction of sp³-hybridized carbons (Fsp3) is 0.500. The third kappa shape index (κ3) is 3.04. The second-order valence-corrected chi connectivity index (χ2v) is 6.86. The van der Waals surface area contributed by atoms with Crippen LogP contribution >= 0.6 is 0 Å². The van der Waals surface area contributed by atoms with Crippen LogP contribution in [0.4, 0.5) is 4.39 Å². The van der Waals surface area contributed by atoms with Gasteiger partial charge in [-0.3, -0.25) is 4.79 Å². The van der Waals surface area contributed by atoms with Gasteiger partial charge in [0.15, 0.2) is 0 Å². The maximum atomic E-state index is 13.5. The lowest BCUT2D eigenvalue weighted by molar-refractivity contribution is 0.0522. The molecule has 132 valence electrons. The number of aromatic nitrogens is 3. The van der Waals surface area contributed by atoms with Crippen LogP contribution in [0.25, 0.3) is 0 Å². The molecule has 0 spiro atoms. The minimum absolute atomic E-state index is 0.0656. The van der Waals surface area contributed by atoms with Crippen molar-refractivity contribution < 1.29 is 13.9 Å². The normalized spacial score (nSPS) is 25.4. The summed E-state index contributed by atoms with van der Waals surface area (Å²) in [4.78, 5) is 14.8. The summed E-state index contributed by atoms with van der Waals surface area (Å²) < 4.78 is 20.5. The summed E-state index contributed by atoms with van der Waals surface area (Å²) in [6, 6.07) is 6.55. The van der Waals surface area contributed by atoms with Gasteiger partial charge in [0, 0.05) is 24.8 Å². The first-order chi connectivity index (χ1) is 12.2. The summed E-state index contributed by atoms with van der Waals surface area (Å²) in [5.41, 5.74) is 1.24. The molecule has 1 aromatic carbocycles.